The number of nitrogens with one attached hydrogen (secondary N) is 2. The number of aliphatic hydroxyl groups excluding tert-OH is 1. The van der Waals surface area contributed by atoms with E-state index in [-0.39, 0.29) is 47.5 Å². The van der Waals surface area contributed by atoms with Crippen molar-refractivity contribution in [3.05, 3.63) is 23.8 Å². The topological polar surface area (TPSA) is 75.1 Å². The van der Waals surface area contributed by atoms with Crippen LogP contribution in [0.4, 0.5) is 8.78 Å². The van der Waals surface area contributed by atoms with Crippen molar-refractivity contribution in [2.45, 2.75) is 58.5 Å². The molecule has 0 aromatic heterocycles. The standard InChI is InChI=1S/C22H35F2N3O3.HI/c1-3-25-21(27-16-22(12-14-28)10-5-4-6-11-22)26-13-9-17-7-8-18(29-2)19(15-17)30-20(23)24;/h7-8,15,20,28H,3-6,9-14,16H2,1-2H3,(H2,25,26,27);1H. The summed E-state index contributed by atoms with van der Waals surface area (Å²) in [7, 11) is 1.42. The van der Waals surface area contributed by atoms with E-state index in [1.54, 1.807) is 12.1 Å². The predicted molar refractivity (Wildman–Crippen MR) is 130 cm³/mol. The molecule has 31 heavy (non-hydrogen) atoms. The van der Waals surface area contributed by atoms with Gasteiger partial charge in [-0.05, 0) is 55.7 Å². The van der Waals surface area contributed by atoms with Gasteiger partial charge in [-0.1, -0.05) is 25.3 Å². The highest BCUT2D eigenvalue weighted by Gasteiger charge is 2.31. The number of halogens is 3. The first-order chi connectivity index (χ1) is 14.5. The first-order valence-electron chi connectivity index (χ1n) is 10.8. The fourth-order valence-electron chi connectivity index (χ4n) is 4.00. The fourth-order valence-corrected chi connectivity index (χ4v) is 4.00. The molecule has 0 bridgehead atoms. The second-order valence-corrected chi connectivity index (χ2v) is 7.77. The highest BCUT2D eigenvalue weighted by Crippen LogP contribution is 2.39. The van der Waals surface area contributed by atoms with Gasteiger partial charge in [-0.3, -0.25) is 4.99 Å². The van der Waals surface area contributed by atoms with Crippen LogP contribution >= 0.6 is 24.0 Å². The molecule has 1 saturated carbocycles. The zero-order valence-corrected chi connectivity index (χ0v) is 20.8. The van der Waals surface area contributed by atoms with E-state index in [0.717, 1.165) is 37.3 Å². The zero-order chi connectivity index (χ0) is 21.8. The van der Waals surface area contributed by atoms with Crippen LogP contribution in [0.1, 0.15) is 51.0 Å². The Kier molecular flexibility index (Phi) is 13.1. The summed E-state index contributed by atoms with van der Waals surface area (Å²) in [5.41, 5.74) is 0.950. The third-order valence-electron chi connectivity index (χ3n) is 5.62. The minimum atomic E-state index is -2.90. The third-order valence-corrected chi connectivity index (χ3v) is 5.62. The van der Waals surface area contributed by atoms with Gasteiger partial charge in [-0.25, -0.2) is 0 Å². The van der Waals surface area contributed by atoms with E-state index in [1.165, 1.54) is 26.4 Å². The second kappa shape index (κ2) is 14.7. The minimum absolute atomic E-state index is 0. The number of hydrogen-bond acceptors (Lipinski definition) is 4. The largest absolute Gasteiger partial charge is 0.493 e. The van der Waals surface area contributed by atoms with Gasteiger partial charge in [0.15, 0.2) is 17.5 Å². The Morgan fingerprint density at radius 1 is 1.19 bits per heavy atom. The Balaban J connectivity index is 0.00000480. The molecule has 2 rings (SSSR count). The van der Waals surface area contributed by atoms with E-state index in [4.69, 9.17) is 9.73 Å². The molecule has 0 spiro atoms. The number of methoxy groups -OCH3 is 1. The molecule has 0 atom stereocenters. The molecule has 0 heterocycles. The number of guanidine groups is 1. The molecule has 9 heteroatoms. The molecule has 0 amide bonds. The van der Waals surface area contributed by atoms with Crippen LogP contribution in [0.25, 0.3) is 0 Å². The maximum absolute atomic E-state index is 12.6. The summed E-state index contributed by atoms with van der Waals surface area (Å²) in [6.07, 6.45) is 7.27. The quantitative estimate of drug-likeness (QED) is 0.215. The normalized spacial score (nSPS) is 15.9. The number of nitrogens with zero attached hydrogens (tertiary/aromatic N) is 1. The number of rotatable bonds is 11. The van der Waals surface area contributed by atoms with Crippen LogP contribution in [-0.4, -0.2) is 51.0 Å². The summed E-state index contributed by atoms with van der Waals surface area (Å²) >= 11 is 0. The van der Waals surface area contributed by atoms with Crippen molar-refractivity contribution in [3.63, 3.8) is 0 Å². The molecule has 1 aromatic rings. The molecule has 178 valence electrons. The number of alkyl halides is 2. The average molecular weight is 555 g/mol. The van der Waals surface area contributed by atoms with Gasteiger partial charge in [0, 0.05) is 26.2 Å². The molecule has 1 aliphatic carbocycles. The molecular formula is C22H36F2IN3O3. The Morgan fingerprint density at radius 3 is 2.55 bits per heavy atom. The van der Waals surface area contributed by atoms with Crippen LogP contribution in [0.2, 0.25) is 0 Å². The van der Waals surface area contributed by atoms with Gasteiger partial charge >= 0.3 is 6.61 Å². The van der Waals surface area contributed by atoms with Gasteiger partial charge in [0.1, 0.15) is 0 Å². The SMILES string of the molecule is CCNC(=NCC1(CCO)CCCCC1)NCCc1ccc(OC)c(OC(F)F)c1.I. The van der Waals surface area contributed by atoms with Crippen LogP contribution in [0.15, 0.2) is 23.2 Å². The molecular weight excluding hydrogens is 519 g/mol. The zero-order valence-electron chi connectivity index (χ0n) is 18.5. The molecule has 6 nitrogen and oxygen atoms in total. The monoisotopic (exact) mass is 555 g/mol. The Bertz CT molecular complexity index is 666. The van der Waals surface area contributed by atoms with Crippen molar-refractivity contribution in [1.29, 1.82) is 0 Å². The van der Waals surface area contributed by atoms with Crippen molar-refractivity contribution in [2.24, 2.45) is 10.4 Å². The van der Waals surface area contributed by atoms with Gasteiger partial charge in [-0.15, -0.1) is 24.0 Å². The number of benzene rings is 1. The van der Waals surface area contributed by atoms with Crippen molar-refractivity contribution < 1.29 is 23.4 Å². The lowest BCUT2D eigenvalue weighted by molar-refractivity contribution is -0.0512. The van der Waals surface area contributed by atoms with Crippen molar-refractivity contribution in [3.8, 4) is 11.5 Å². The summed E-state index contributed by atoms with van der Waals surface area (Å²) in [5.74, 6) is 1.05. The molecule has 3 N–H and O–H groups in total. The summed E-state index contributed by atoms with van der Waals surface area (Å²) in [6, 6.07) is 5.05. The van der Waals surface area contributed by atoms with E-state index >= 15 is 0 Å². The van der Waals surface area contributed by atoms with Crippen molar-refractivity contribution in [1.82, 2.24) is 10.6 Å². The summed E-state index contributed by atoms with van der Waals surface area (Å²) < 4.78 is 34.8. The number of aliphatic hydroxyl groups is 1. The highest BCUT2D eigenvalue weighted by molar-refractivity contribution is 14.0. The lowest BCUT2D eigenvalue weighted by Gasteiger charge is -2.35. The van der Waals surface area contributed by atoms with Gasteiger partial charge < -0.3 is 25.2 Å². The highest BCUT2D eigenvalue weighted by atomic mass is 127. The fraction of sp³-hybridized carbons (Fsp3) is 0.682. The van der Waals surface area contributed by atoms with Gasteiger partial charge in [-0.2, -0.15) is 8.78 Å². The van der Waals surface area contributed by atoms with E-state index in [0.29, 0.717) is 19.5 Å². The second-order valence-electron chi connectivity index (χ2n) is 7.77. The first-order valence-corrected chi connectivity index (χ1v) is 10.8. The molecule has 0 aliphatic heterocycles. The maximum Gasteiger partial charge on any atom is 0.387 e. The van der Waals surface area contributed by atoms with E-state index in [9.17, 15) is 13.9 Å². The van der Waals surface area contributed by atoms with Crippen molar-refractivity contribution >= 4 is 29.9 Å². The Hall–Kier alpha value is -1.36. The molecule has 1 aromatic carbocycles. The smallest absolute Gasteiger partial charge is 0.387 e. The number of hydrogen-bond donors (Lipinski definition) is 3. The Labute approximate surface area is 201 Å². The number of aliphatic imine (C=N–C) groups is 1. The molecule has 1 aliphatic rings. The van der Waals surface area contributed by atoms with Gasteiger partial charge in [0.25, 0.3) is 0 Å². The lowest BCUT2D eigenvalue weighted by Crippen LogP contribution is -2.40. The Morgan fingerprint density at radius 2 is 1.94 bits per heavy atom. The van der Waals surface area contributed by atoms with Crippen LogP contribution in [0.5, 0.6) is 11.5 Å². The number of ether oxygens (including phenoxy) is 2. The van der Waals surface area contributed by atoms with E-state index < -0.39 is 6.61 Å². The molecule has 0 radical (unpaired) electrons. The summed E-state index contributed by atoms with van der Waals surface area (Å²) in [4.78, 5) is 4.78. The van der Waals surface area contributed by atoms with E-state index in [1.807, 2.05) is 13.0 Å². The van der Waals surface area contributed by atoms with Crippen molar-refractivity contribution in [2.75, 3.05) is 33.4 Å². The lowest BCUT2D eigenvalue weighted by atomic mass is 9.72. The van der Waals surface area contributed by atoms with E-state index in [2.05, 4.69) is 15.4 Å². The average Bonchev–Trinajstić information content (AvgIpc) is 2.73. The predicted octanol–water partition coefficient (Wildman–Crippen LogP) is 4.35. The summed E-state index contributed by atoms with van der Waals surface area (Å²) in [6.45, 7) is 1.34. The van der Waals surface area contributed by atoms with Crippen LogP contribution < -0.4 is 20.1 Å². The van der Waals surface area contributed by atoms with Crippen LogP contribution in [-0.2, 0) is 6.42 Å². The van der Waals surface area contributed by atoms with Gasteiger partial charge in [0.2, 0.25) is 0 Å². The molecule has 0 saturated heterocycles. The summed E-state index contributed by atoms with van der Waals surface area (Å²) in [5, 5.41) is 16.1. The van der Waals surface area contributed by atoms with Crippen LogP contribution in [0.3, 0.4) is 0 Å². The van der Waals surface area contributed by atoms with Gasteiger partial charge in [0.05, 0.1) is 7.11 Å². The maximum atomic E-state index is 12.6. The third kappa shape index (κ3) is 9.34. The first kappa shape index (κ1) is 27.7. The van der Waals surface area contributed by atoms with Crippen LogP contribution in [0, 0.1) is 5.41 Å². The molecule has 0 unspecified atom stereocenters. The molecule has 1 fully saturated rings. The minimum Gasteiger partial charge on any atom is -0.493 e.